The van der Waals surface area contributed by atoms with E-state index in [0.717, 1.165) is 23.0 Å². The van der Waals surface area contributed by atoms with Crippen molar-refractivity contribution >= 4 is 29.1 Å². The van der Waals surface area contributed by atoms with Crippen LogP contribution in [-0.2, 0) is 11.2 Å². The molecule has 0 aliphatic rings. The molecule has 0 saturated carbocycles. The summed E-state index contributed by atoms with van der Waals surface area (Å²) >= 11 is 5.80. The Labute approximate surface area is 145 Å². The lowest BCUT2D eigenvalue weighted by Crippen LogP contribution is -2.35. The van der Waals surface area contributed by atoms with Crippen LogP contribution >= 0.6 is 11.6 Å². The van der Waals surface area contributed by atoms with E-state index in [1.54, 1.807) is 6.07 Å². The standard InChI is InChI=1S/C18H18ClFN2O2/c1-3-12-6-4-5-7-16(12)21-17(23)11-22(2)18(24)14-10-13(19)8-9-15(14)20/h4-10H,3,11H2,1-2H3,(H,21,23). The minimum absolute atomic E-state index is 0.160. The Morgan fingerprint density at radius 3 is 2.62 bits per heavy atom. The molecule has 0 heterocycles. The van der Waals surface area contributed by atoms with E-state index in [0.29, 0.717) is 5.69 Å². The minimum atomic E-state index is -0.673. The number of nitrogens with one attached hydrogen (secondary N) is 1. The molecule has 0 aliphatic carbocycles. The Morgan fingerprint density at radius 2 is 1.92 bits per heavy atom. The molecule has 2 aromatic rings. The number of rotatable bonds is 5. The van der Waals surface area contributed by atoms with Gasteiger partial charge in [-0.15, -0.1) is 0 Å². The van der Waals surface area contributed by atoms with E-state index in [4.69, 9.17) is 11.6 Å². The van der Waals surface area contributed by atoms with E-state index in [2.05, 4.69) is 5.32 Å². The van der Waals surface area contributed by atoms with Crippen LogP contribution in [0.3, 0.4) is 0 Å². The number of hydrogen-bond donors (Lipinski definition) is 1. The molecule has 0 aromatic heterocycles. The molecular formula is C18H18ClFN2O2. The number of benzene rings is 2. The van der Waals surface area contributed by atoms with Crippen molar-refractivity contribution in [2.24, 2.45) is 0 Å². The molecule has 2 amide bonds. The molecule has 2 rings (SSSR count). The van der Waals surface area contributed by atoms with Gasteiger partial charge in [0.1, 0.15) is 5.82 Å². The number of carbonyl (C=O) groups is 2. The molecule has 6 heteroatoms. The third kappa shape index (κ3) is 4.32. The van der Waals surface area contributed by atoms with Crippen LogP contribution in [0.1, 0.15) is 22.8 Å². The Bertz CT molecular complexity index is 764. The van der Waals surface area contributed by atoms with Crippen molar-refractivity contribution in [2.45, 2.75) is 13.3 Å². The highest BCUT2D eigenvalue weighted by Crippen LogP contribution is 2.17. The SMILES string of the molecule is CCc1ccccc1NC(=O)CN(C)C(=O)c1cc(Cl)ccc1F. The number of likely N-dealkylation sites (N-methyl/N-ethyl adjacent to an activating group) is 1. The summed E-state index contributed by atoms with van der Waals surface area (Å²) in [5, 5.41) is 3.03. The molecule has 0 aliphatic heterocycles. The van der Waals surface area contributed by atoms with Gasteiger partial charge < -0.3 is 10.2 Å². The van der Waals surface area contributed by atoms with Crippen molar-refractivity contribution in [1.82, 2.24) is 4.90 Å². The predicted molar refractivity (Wildman–Crippen MR) is 92.8 cm³/mol. The highest BCUT2D eigenvalue weighted by atomic mass is 35.5. The van der Waals surface area contributed by atoms with Crippen molar-refractivity contribution in [3.63, 3.8) is 0 Å². The first kappa shape index (κ1) is 17.9. The van der Waals surface area contributed by atoms with Gasteiger partial charge in [0, 0.05) is 17.8 Å². The second-order valence-corrected chi connectivity index (χ2v) is 5.78. The summed E-state index contributed by atoms with van der Waals surface area (Å²) < 4.78 is 13.8. The van der Waals surface area contributed by atoms with E-state index in [-0.39, 0.29) is 23.0 Å². The fourth-order valence-corrected chi connectivity index (χ4v) is 2.47. The molecule has 4 nitrogen and oxygen atoms in total. The van der Waals surface area contributed by atoms with Crippen molar-refractivity contribution < 1.29 is 14.0 Å². The number of halogens is 2. The zero-order chi connectivity index (χ0) is 17.7. The highest BCUT2D eigenvalue weighted by Gasteiger charge is 2.19. The first-order valence-electron chi connectivity index (χ1n) is 7.50. The van der Waals surface area contributed by atoms with Gasteiger partial charge in [-0.3, -0.25) is 9.59 Å². The lowest BCUT2D eigenvalue weighted by Gasteiger charge is -2.18. The van der Waals surface area contributed by atoms with Gasteiger partial charge >= 0.3 is 0 Å². The molecule has 0 fully saturated rings. The zero-order valence-electron chi connectivity index (χ0n) is 13.5. The van der Waals surface area contributed by atoms with E-state index < -0.39 is 11.7 Å². The Balaban J connectivity index is 2.06. The van der Waals surface area contributed by atoms with Gasteiger partial charge in [0.2, 0.25) is 5.91 Å². The number of para-hydroxylation sites is 1. The third-order valence-corrected chi connectivity index (χ3v) is 3.79. The molecule has 0 atom stereocenters. The van der Waals surface area contributed by atoms with E-state index >= 15 is 0 Å². The monoisotopic (exact) mass is 348 g/mol. The van der Waals surface area contributed by atoms with Crippen LogP contribution in [-0.4, -0.2) is 30.3 Å². The molecule has 0 unspecified atom stereocenters. The average molecular weight is 349 g/mol. The van der Waals surface area contributed by atoms with Crippen LogP contribution in [0, 0.1) is 5.82 Å². The smallest absolute Gasteiger partial charge is 0.257 e. The Kier molecular flexibility index (Phi) is 5.93. The molecular weight excluding hydrogens is 331 g/mol. The summed E-state index contributed by atoms with van der Waals surface area (Å²) in [6, 6.07) is 11.2. The molecule has 24 heavy (non-hydrogen) atoms. The number of nitrogens with zero attached hydrogens (tertiary/aromatic N) is 1. The second-order valence-electron chi connectivity index (χ2n) is 5.34. The Morgan fingerprint density at radius 1 is 1.21 bits per heavy atom. The largest absolute Gasteiger partial charge is 0.332 e. The van der Waals surface area contributed by atoms with Crippen LogP contribution in [0.5, 0.6) is 0 Å². The van der Waals surface area contributed by atoms with E-state index in [9.17, 15) is 14.0 Å². The van der Waals surface area contributed by atoms with Crippen molar-refractivity contribution in [3.05, 3.63) is 64.4 Å². The number of aryl methyl sites for hydroxylation is 1. The number of anilines is 1. The summed E-state index contributed by atoms with van der Waals surface area (Å²) in [5.74, 6) is -1.63. The summed E-state index contributed by atoms with van der Waals surface area (Å²) in [6.45, 7) is 1.80. The van der Waals surface area contributed by atoms with Crippen molar-refractivity contribution in [2.75, 3.05) is 18.9 Å². The van der Waals surface area contributed by atoms with Crippen LogP contribution < -0.4 is 5.32 Å². The fraction of sp³-hybridized carbons (Fsp3) is 0.222. The molecule has 0 bridgehead atoms. The van der Waals surface area contributed by atoms with Gasteiger partial charge in [0.25, 0.3) is 5.91 Å². The van der Waals surface area contributed by atoms with Gasteiger partial charge in [0.15, 0.2) is 0 Å². The Hall–Kier alpha value is -2.40. The normalized spacial score (nSPS) is 10.3. The molecule has 1 N–H and O–H groups in total. The maximum absolute atomic E-state index is 13.8. The van der Waals surface area contributed by atoms with Crippen molar-refractivity contribution in [3.8, 4) is 0 Å². The van der Waals surface area contributed by atoms with Gasteiger partial charge in [-0.05, 0) is 36.2 Å². The van der Waals surface area contributed by atoms with Crippen molar-refractivity contribution in [1.29, 1.82) is 0 Å². The summed E-state index contributed by atoms with van der Waals surface area (Å²) in [7, 11) is 1.44. The number of carbonyl (C=O) groups excluding carboxylic acids is 2. The van der Waals surface area contributed by atoms with Gasteiger partial charge in [-0.1, -0.05) is 36.7 Å². The van der Waals surface area contributed by atoms with Gasteiger partial charge in [0.05, 0.1) is 12.1 Å². The molecule has 0 radical (unpaired) electrons. The van der Waals surface area contributed by atoms with Crippen LogP contribution in [0.4, 0.5) is 10.1 Å². The first-order valence-corrected chi connectivity index (χ1v) is 7.88. The van der Waals surface area contributed by atoms with Gasteiger partial charge in [-0.2, -0.15) is 0 Å². The third-order valence-electron chi connectivity index (χ3n) is 3.56. The maximum Gasteiger partial charge on any atom is 0.257 e. The van der Waals surface area contributed by atoms with E-state index in [1.807, 2.05) is 25.1 Å². The summed E-state index contributed by atoms with van der Waals surface area (Å²) in [6.07, 6.45) is 0.777. The van der Waals surface area contributed by atoms with Gasteiger partial charge in [-0.25, -0.2) is 4.39 Å². The average Bonchev–Trinajstić information content (AvgIpc) is 2.56. The number of hydrogen-bond acceptors (Lipinski definition) is 2. The minimum Gasteiger partial charge on any atom is -0.332 e. The lowest BCUT2D eigenvalue weighted by atomic mass is 10.1. The summed E-state index contributed by atoms with van der Waals surface area (Å²) in [4.78, 5) is 25.6. The fourth-order valence-electron chi connectivity index (χ4n) is 2.29. The van der Waals surface area contributed by atoms with Crippen LogP contribution in [0.15, 0.2) is 42.5 Å². The quantitative estimate of drug-likeness (QED) is 0.894. The number of amides is 2. The highest BCUT2D eigenvalue weighted by molar-refractivity contribution is 6.31. The molecule has 2 aromatic carbocycles. The van der Waals surface area contributed by atoms with E-state index in [1.165, 1.54) is 19.2 Å². The topological polar surface area (TPSA) is 49.4 Å². The zero-order valence-corrected chi connectivity index (χ0v) is 14.2. The van der Waals surface area contributed by atoms with Crippen LogP contribution in [0.25, 0.3) is 0 Å². The lowest BCUT2D eigenvalue weighted by molar-refractivity contribution is -0.116. The molecule has 0 spiro atoms. The summed E-state index contributed by atoms with van der Waals surface area (Å²) in [5.41, 5.74) is 1.55. The second kappa shape index (κ2) is 7.93. The van der Waals surface area contributed by atoms with Crippen LogP contribution in [0.2, 0.25) is 5.02 Å². The predicted octanol–water partition coefficient (Wildman–Crippen LogP) is 3.75. The first-order chi connectivity index (χ1) is 11.4. The molecule has 0 saturated heterocycles. The molecule has 126 valence electrons. The maximum atomic E-state index is 13.8.